The second-order valence-electron chi connectivity index (χ2n) is 1.01. The van der Waals surface area contributed by atoms with Crippen molar-refractivity contribution in [3.8, 4) is 0 Å². The van der Waals surface area contributed by atoms with E-state index in [0.29, 0.717) is 0 Å². The predicted molar refractivity (Wildman–Crippen MR) is 22.1 cm³/mol. The number of aliphatic hydroxyl groups is 1. The minimum Gasteiger partial charge on any atom is -0.396 e. The third-order valence-electron chi connectivity index (χ3n) is 0.391. The van der Waals surface area contributed by atoms with Crippen molar-refractivity contribution in [2.75, 3.05) is 6.61 Å². The first-order valence-electron chi connectivity index (χ1n) is 1.73. The molecule has 0 aromatic heterocycles. The van der Waals surface area contributed by atoms with Gasteiger partial charge in [-0.05, 0) is 0 Å². The number of Topliss-reactive ketones (excluding diaryl/α,β-unsaturated/α-hetero) is 1. The topological polar surface area (TPSA) is 37.3 Å². The molecule has 6 heavy (non-hydrogen) atoms. The predicted octanol–water partition coefficient (Wildman–Crippen LogP) is -0.228. The number of hydrogen-bond donors (Lipinski definition) is 1. The fourth-order valence-corrected chi connectivity index (χ4v) is 0.125. The molecule has 2 heteroatoms. The molecule has 0 bridgehead atoms. The summed E-state index contributed by atoms with van der Waals surface area (Å²) in [6.07, 6.45) is 0.181. The molecule has 0 radical (unpaired) electrons. The molecule has 34 valence electrons. The summed E-state index contributed by atoms with van der Waals surface area (Å²) in [5.41, 5.74) is 0. The van der Waals surface area contributed by atoms with Crippen molar-refractivity contribution < 1.29 is 9.90 Å². The van der Waals surface area contributed by atoms with Crippen LogP contribution in [0, 0.1) is 6.92 Å². The molecule has 0 unspecified atom stereocenters. The van der Waals surface area contributed by atoms with Crippen molar-refractivity contribution in [3.05, 3.63) is 6.92 Å². The van der Waals surface area contributed by atoms with Gasteiger partial charge >= 0.3 is 5.78 Å². The number of aliphatic hydroxyl groups excluding tert-OH is 1. The molecule has 0 rings (SSSR count). The van der Waals surface area contributed by atoms with Gasteiger partial charge in [0, 0.05) is 0 Å². The van der Waals surface area contributed by atoms with Gasteiger partial charge in [-0.25, -0.2) is 4.79 Å². The van der Waals surface area contributed by atoms with E-state index in [0.717, 1.165) is 0 Å². The molecular formula is C4H7O2+. The zero-order valence-corrected chi connectivity index (χ0v) is 3.48. The number of ketones is 1. The zero-order chi connectivity index (χ0) is 4.99. The highest BCUT2D eigenvalue weighted by Crippen LogP contribution is 1.73. The molecule has 0 aliphatic rings. The molecular weight excluding hydrogens is 80.0 g/mol. The van der Waals surface area contributed by atoms with E-state index in [1.807, 2.05) is 0 Å². The van der Waals surface area contributed by atoms with Crippen LogP contribution >= 0.6 is 0 Å². The van der Waals surface area contributed by atoms with Crippen LogP contribution in [0.2, 0.25) is 0 Å². The minimum atomic E-state index is -0.211. The lowest BCUT2D eigenvalue weighted by molar-refractivity contribution is -0.115. The quantitative estimate of drug-likeness (QED) is 0.472. The largest absolute Gasteiger partial charge is 0.396 e. The molecule has 0 aromatic carbocycles. The highest BCUT2D eigenvalue weighted by atomic mass is 16.3. The summed E-state index contributed by atoms with van der Waals surface area (Å²) in [5.74, 6) is -0.211. The van der Waals surface area contributed by atoms with Gasteiger partial charge in [0.2, 0.25) is 0 Å². The lowest BCUT2D eigenvalue weighted by atomic mass is 10.3. The van der Waals surface area contributed by atoms with E-state index in [1.54, 1.807) is 0 Å². The number of rotatable bonds is 2. The Kier molecular flexibility index (Phi) is 2.50. The molecule has 1 N–H and O–H groups in total. The molecule has 0 aliphatic heterocycles. The molecule has 0 saturated heterocycles. The fourth-order valence-electron chi connectivity index (χ4n) is 0.125. The lowest BCUT2D eigenvalue weighted by Crippen LogP contribution is -1.92. The first-order chi connectivity index (χ1) is 2.77. The van der Waals surface area contributed by atoms with Crippen molar-refractivity contribution in [1.82, 2.24) is 0 Å². The monoisotopic (exact) mass is 87.0 g/mol. The average molecular weight is 87.1 g/mol. The van der Waals surface area contributed by atoms with Crippen LogP contribution in [0.4, 0.5) is 0 Å². The van der Waals surface area contributed by atoms with Gasteiger partial charge in [0.15, 0.2) is 0 Å². The Balaban J connectivity index is 2.83. The van der Waals surface area contributed by atoms with Crippen molar-refractivity contribution in [3.63, 3.8) is 0 Å². The van der Waals surface area contributed by atoms with E-state index in [2.05, 4.69) is 6.92 Å². The van der Waals surface area contributed by atoms with E-state index in [9.17, 15) is 4.79 Å². The molecule has 0 spiro atoms. The van der Waals surface area contributed by atoms with Gasteiger partial charge in [-0.2, -0.15) is 0 Å². The first kappa shape index (κ1) is 5.50. The van der Waals surface area contributed by atoms with E-state index >= 15 is 0 Å². The Morgan fingerprint density at radius 2 is 2.33 bits per heavy atom. The van der Waals surface area contributed by atoms with Gasteiger partial charge in [0.05, 0.1) is 13.0 Å². The summed E-state index contributed by atoms with van der Waals surface area (Å²) in [4.78, 5) is 9.77. The Hall–Kier alpha value is -0.500. The molecule has 0 amide bonds. The number of carbonyl (C=O) groups is 1. The second kappa shape index (κ2) is 2.72. The van der Waals surface area contributed by atoms with Crippen molar-refractivity contribution >= 4 is 5.78 Å². The van der Waals surface area contributed by atoms with Gasteiger partial charge in [-0.3, -0.25) is 0 Å². The van der Waals surface area contributed by atoms with E-state index in [-0.39, 0.29) is 18.8 Å². The maximum Gasteiger partial charge on any atom is 0.305 e. The van der Waals surface area contributed by atoms with Crippen LogP contribution in [0.5, 0.6) is 0 Å². The molecule has 0 fully saturated rings. The summed E-state index contributed by atoms with van der Waals surface area (Å²) >= 11 is 0. The zero-order valence-electron chi connectivity index (χ0n) is 3.48. The lowest BCUT2D eigenvalue weighted by Gasteiger charge is -1.74. The number of hydrogen-bond acceptors (Lipinski definition) is 2. The van der Waals surface area contributed by atoms with Crippen molar-refractivity contribution in [2.24, 2.45) is 0 Å². The SMILES string of the molecule is [CH2+]C(=O)CCO. The Labute approximate surface area is 36.8 Å². The Morgan fingerprint density at radius 3 is 2.33 bits per heavy atom. The third kappa shape index (κ3) is 3.50. The molecule has 0 heterocycles. The number of carbonyl (C=O) groups excluding carboxylic acids is 1. The van der Waals surface area contributed by atoms with Crippen LogP contribution in [0.1, 0.15) is 6.42 Å². The van der Waals surface area contributed by atoms with Gasteiger partial charge in [0.25, 0.3) is 0 Å². The summed E-state index contributed by atoms with van der Waals surface area (Å²) in [6.45, 7) is 2.95. The molecule has 0 aliphatic carbocycles. The van der Waals surface area contributed by atoms with Crippen LogP contribution in [-0.4, -0.2) is 17.5 Å². The summed E-state index contributed by atoms with van der Waals surface area (Å²) in [6, 6.07) is 0. The maximum atomic E-state index is 9.77. The standard InChI is InChI=1S/C4H7O2/c1-4(6)2-3-5/h5H,1-3H2/q+1. The first-order valence-corrected chi connectivity index (χ1v) is 1.73. The van der Waals surface area contributed by atoms with E-state index < -0.39 is 0 Å². The van der Waals surface area contributed by atoms with Crippen LogP contribution in [-0.2, 0) is 4.79 Å². The van der Waals surface area contributed by atoms with Crippen LogP contribution < -0.4 is 0 Å². The molecule has 0 atom stereocenters. The van der Waals surface area contributed by atoms with Gasteiger partial charge in [-0.15, -0.1) is 0 Å². The van der Waals surface area contributed by atoms with Crippen LogP contribution in [0.3, 0.4) is 0 Å². The normalized spacial score (nSPS) is 8.17. The van der Waals surface area contributed by atoms with E-state index in [4.69, 9.17) is 5.11 Å². The average Bonchev–Trinajstić information content (AvgIpc) is 1.35. The Morgan fingerprint density at radius 1 is 1.83 bits per heavy atom. The van der Waals surface area contributed by atoms with Gasteiger partial charge in [-0.1, -0.05) is 0 Å². The summed E-state index contributed by atoms with van der Waals surface area (Å²) < 4.78 is 0. The van der Waals surface area contributed by atoms with Crippen molar-refractivity contribution in [1.29, 1.82) is 0 Å². The van der Waals surface area contributed by atoms with Crippen LogP contribution in [0.25, 0.3) is 0 Å². The summed E-state index contributed by atoms with van der Waals surface area (Å²) in [7, 11) is 0. The third-order valence-corrected chi connectivity index (χ3v) is 0.391. The van der Waals surface area contributed by atoms with Gasteiger partial charge in [0.1, 0.15) is 6.92 Å². The highest BCUT2D eigenvalue weighted by Gasteiger charge is 1.94. The molecule has 0 saturated carbocycles. The molecule has 2 nitrogen and oxygen atoms in total. The van der Waals surface area contributed by atoms with Crippen molar-refractivity contribution in [2.45, 2.75) is 6.42 Å². The van der Waals surface area contributed by atoms with Gasteiger partial charge < -0.3 is 5.11 Å². The highest BCUT2D eigenvalue weighted by molar-refractivity contribution is 5.82. The maximum absolute atomic E-state index is 9.77. The minimum absolute atomic E-state index is 0.0810. The summed E-state index contributed by atoms with van der Waals surface area (Å²) in [5, 5.41) is 7.98. The van der Waals surface area contributed by atoms with Crippen LogP contribution in [0.15, 0.2) is 0 Å². The second-order valence-corrected chi connectivity index (χ2v) is 1.01. The smallest absolute Gasteiger partial charge is 0.305 e. The Bertz CT molecular complexity index is 49.5. The molecule has 0 aromatic rings. The fraction of sp³-hybridized carbons (Fsp3) is 0.500. The van der Waals surface area contributed by atoms with E-state index in [1.165, 1.54) is 0 Å².